The molecule has 0 N–H and O–H groups in total. The van der Waals surface area contributed by atoms with Crippen LogP contribution >= 0.6 is 0 Å². The number of carbonyl (C=O) groups excluding carboxylic acids is 1. The molecule has 1 saturated heterocycles. The van der Waals surface area contributed by atoms with Crippen LogP contribution in [0.2, 0.25) is 0 Å². The third-order valence-electron chi connectivity index (χ3n) is 4.47. The zero-order chi connectivity index (χ0) is 18.4. The minimum atomic E-state index is -0.187. The Morgan fingerprint density at radius 1 is 1.08 bits per heavy atom. The van der Waals surface area contributed by atoms with Crippen molar-refractivity contribution in [2.45, 2.75) is 32.2 Å². The summed E-state index contributed by atoms with van der Waals surface area (Å²) in [5, 5.41) is 0. The van der Waals surface area contributed by atoms with E-state index >= 15 is 0 Å². The molecule has 0 spiro atoms. The molecule has 1 fully saturated rings. The van der Waals surface area contributed by atoms with Gasteiger partial charge in [-0.2, -0.15) is 0 Å². The zero-order valence-corrected chi connectivity index (χ0v) is 15.2. The van der Waals surface area contributed by atoms with Crippen molar-refractivity contribution in [1.82, 2.24) is 0 Å². The summed E-state index contributed by atoms with van der Waals surface area (Å²) in [6.07, 6.45) is 2.89. The molecule has 0 amide bonds. The highest BCUT2D eigenvalue weighted by molar-refractivity contribution is 6.10. The highest BCUT2D eigenvalue weighted by Gasteiger charge is 2.18. The van der Waals surface area contributed by atoms with Crippen molar-refractivity contribution < 1.29 is 23.7 Å². The van der Waals surface area contributed by atoms with E-state index in [1.165, 1.54) is 0 Å². The molecular formula is C21H24O5. The first-order chi connectivity index (χ1) is 12.7. The summed E-state index contributed by atoms with van der Waals surface area (Å²) < 4.78 is 22.0. The Morgan fingerprint density at radius 3 is 2.62 bits per heavy atom. The quantitative estimate of drug-likeness (QED) is 0.703. The molecule has 2 aromatic rings. The molecule has 3 rings (SSSR count). The normalized spacial score (nSPS) is 16.9. The van der Waals surface area contributed by atoms with Crippen LogP contribution in [-0.4, -0.2) is 32.9 Å². The van der Waals surface area contributed by atoms with E-state index in [2.05, 4.69) is 0 Å². The summed E-state index contributed by atoms with van der Waals surface area (Å²) >= 11 is 0. The first-order valence-electron chi connectivity index (χ1n) is 8.80. The van der Waals surface area contributed by atoms with E-state index in [0.29, 0.717) is 29.2 Å². The van der Waals surface area contributed by atoms with E-state index in [1.54, 1.807) is 32.4 Å². The predicted molar refractivity (Wildman–Crippen MR) is 97.8 cm³/mol. The molecule has 1 aliphatic heterocycles. The van der Waals surface area contributed by atoms with Gasteiger partial charge in [0.1, 0.15) is 0 Å². The van der Waals surface area contributed by atoms with Gasteiger partial charge in [0, 0.05) is 17.7 Å². The minimum absolute atomic E-state index is 0.0743. The monoisotopic (exact) mass is 356 g/mol. The summed E-state index contributed by atoms with van der Waals surface area (Å²) in [5.74, 6) is 1.05. The maximum atomic E-state index is 13.0. The molecule has 5 heteroatoms. The zero-order valence-electron chi connectivity index (χ0n) is 15.2. The average Bonchev–Trinajstić information content (AvgIpc) is 2.72. The third kappa shape index (κ3) is 4.23. The van der Waals surface area contributed by atoms with Crippen molar-refractivity contribution in [3.8, 4) is 11.5 Å². The van der Waals surface area contributed by atoms with Gasteiger partial charge < -0.3 is 18.9 Å². The average molecular weight is 356 g/mol. The van der Waals surface area contributed by atoms with E-state index in [1.807, 2.05) is 24.3 Å². The minimum Gasteiger partial charge on any atom is -0.493 e. The Labute approximate surface area is 153 Å². The van der Waals surface area contributed by atoms with Gasteiger partial charge in [0.25, 0.3) is 0 Å². The molecule has 0 aliphatic carbocycles. The maximum Gasteiger partial charge on any atom is 0.193 e. The van der Waals surface area contributed by atoms with Crippen molar-refractivity contribution in [1.29, 1.82) is 0 Å². The van der Waals surface area contributed by atoms with Gasteiger partial charge in [-0.05, 0) is 43.0 Å². The van der Waals surface area contributed by atoms with Crippen LogP contribution in [0.5, 0.6) is 11.5 Å². The highest BCUT2D eigenvalue weighted by Crippen LogP contribution is 2.29. The standard InChI is InChI=1S/C21H24O5/c1-23-18-11-10-15(13-19(18)24-2)21(22)17-8-4-3-7-16(17)14-26-20-9-5-6-12-25-20/h3-4,7-8,10-11,13,20H,5-6,9,12,14H2,1-2H3. The molecule has 2 aromatic carbocycles. The van der Waals surface area contributed by atoms with Crippen LogP contribution in [-0.2, 0) is 16.1 Å². The predicted octanol–water partition coefficient (Wildman–Crippen LogP) is 3.98. The lowest BCUT2D eigenvalue weighted by Crippen LogP contribution is -2.22. The van der Waals surface area contributed by atoms with Gasteiger partial charge in [-0.25, -0.2) is 0 Å². The molecule has 1 unspecified atom stereocenters. The summed E-state index contributed by atoms with van der Waals surface area (Å²) in [5.41, 5.74) is 2.01. The number of benzene rings is 2. The van der Waals surface area contributed by atoms with Gasteiger partial charge in [-0.3, -0.25) is 4.79 Å². The molecule has 0 radical (unpaired) electrons. The smallest absolute Gasteiger partial charge is 0.193 e. The van der Waals surface area contributed by atoms with Gasteiger partial charge in [0.05, 0.1) is 20.8 Å². The number of hydrogen-bond donors (Lipinski definition) is 0. The van der Waals surface area contributed by atoms with Crippen molar-refractivity contribution in [2.24, 2.45) is 0 Å². The summed E-state index contributed by atoms with van der Waals surface area (Å²) in [7, 11) is 3.12. The molecule has 1 heterocycles. The fourth-order valence-electron chi connectivity index (χ4n) is 3.03. The number of rotatable bonds is 7. The van der Waals surface area contributed by atoms with Crippen LogP contribution in [0.25, 0.3) is 0 Å². The first kappa shape index (κ1) is 18.4. The first-order valence-corrected chi connectivity index (χ1v) is 8.80. The lowest BCUT2D eigenvalue weighted by atomic mass is 9.98. The van der Waals surface area contributed by atoms with Gasteiger partial charge in [-0.1, -0.05) is 24.3 Å². The van der Waals surface area contributed by atoms with E-state index in [0.717, 1.165) is 31.4 Å². The molecule has 0 saturated carbocycles. The number of ketones is 1. The van der Waals surface area contributed by atoms with Crippen molar-refractivity contribution >= 4 is 5.78 Å². The Balaban J connectivity index is 1.79. The van der Waals surface area contributed by atoms with Crippen molar-refractivity contribution in [3.63, 3.8) is 0 Å². The van der Waals surface area contributed by atoms with Crippen LogP contribution < -0.4 is 9.47 Å². The van der Waals surface area contributed by atoms with Gasteiger partial charge in [-0.15, -0.1) is 0 Å². The van der Waals surface area contributed by atoms with Gasteiger partial charge >= 0.3 is 0 Å². The fraction of sp³-hybridized carbons (Fsp3) is 0.381. The van der Waals surface area contributed by atoms with E-state index < -0.39 is 0 Å². The highest BCUT2D eigenvalue weighted by atomic mass is 16.7. The molecule has 138 valence electrons. The largest absolute Gasteiger partial charge is 0.493 e. The molecule has 1 atom stereocenters. The lowest BCUT2D eigenvalue weighted by molar-refractivity contribution is -0.168. The van der Waals surface area contributed by atoms with Crippen LogP contribution in [0.3, 0.4) is 0 Å². The van der Waals surface area contributed by atoms with E-state index in [4.69, 9.17) is 18.9 Å². The van der Waals surface area contributed by atoms with Crippen LogP contribution in [0, 0.1) is 0 Å². The summed E-state index contributed by atoms with van der Waals surface area (Å²) in [4.78, 5) is 13.0. The van der Waals surface area contributed by atoms with Gasteiger partial charge in [0.15, 0.2) is 23.6 Å². The fourth-order valence-corrected chi connectivity index (χ4v) is 3.03. The maximum absolute atomic E-state index is 13.0. The van der Waals surface area contributed by atoms with Crippen LogP contribution in [0.1, 0.15) is 40.7 Å². The van der Waals surface area contributed by atoms with Crippen LogP contribution in [0.15, 0.2) is 42.5 Å². The van der Waals surface area contributed by atoms with Crippen molar-refractivity contribution in [2.75, 3.05) is 20.8 Å². The lowest BCUT2D eigenvalue weighted by Gasteiger charge is -2.23. The van der Waals surface area contributed by atoms with Crippen LogP contribution in [0.4, 0.5) is 0 Å². The summed E-state index contributed by atoms with van der Waals surface area (Å²) in [6.45, 7) is 1.08. The van der Waals surface area contributed by atoms with E-state index in [9.17, 15) is 4.79 Å². The topological polar surface area (TPSA) is 54.0 Å². The molecule has 5 nitrogen and oxygen atoms in total. The Kier molecular flexibility index (Phi) is 6.26. The number of methoxy groups -OCH3 is 2. The number of hydrogen-bond acceptors (Lipinski definition) is 5. The second-order valence-electron chi connectivity index (χ2n) is 6.16. The molecular weight excluding hydrogens is 332 g/mol. The van der Waals surface area contributed by atoms with Gasteiger partial charge in [0.2, 0.25) is 0 Å². The Bertz CT molecular complexity index is 750. The number of ether oxygens (including phenoxy) is 4. The Hall–Kier alpha value is -2.37. The molecule has 0 aromatic heterocycles. The third-order valence-corrected chi connectivity index (χ3v) is 4.47. The second-order valence-corrected chi connectivity index (χ2v) is 6.16. The van der Waals surface area contributed by atoms with Crippen molar-refractivity contribution in [3.05, 3.63) is 59.2 Å². The molecule has 1 aliphatic rings. The van der Waals surface area contributed by atoms with E-state index in [-0.39, 0.29) is 12.1 Å². The SMILES string of the molecule is COc1ccc(C(=O)c2ccccc2COC2CCCCO2)cc1OC. The Morgan fingerprint density at radius 2 is 1.88 bits per heavy atom. The molecule has 26 heavy (non-hydrogen) atoms. The summed E-state index contributed by atoms with van der Waals surface area (Å²) in [6, 6.07) is 12.7. The number of carbonyl (C=O) groups is 1. The molecule has 0 bridgehead atoms. The second kappa shape index (κ2) is 8.83.